The minimum absolute atomic E-state index is 0.0777. The van der Waals surface area contributed by atoms with Gasteiger partial charge in [-0.15, -0.1) is 0 Å². The number of nitrogens with one attached hydrogen (secondary N) is 1. The molecule has 0 aliphatic carbocycles. The molecule has 104 valence electrons. The molecule has 0 aliphatic rings. The monoisotopic (exact) mass is 265 g/mol. The van der Waals surface area contributed by atoms with Gasteiger partial charge in [-0.1, -0.05) is 19.9 Å². The van der Waals surface area contributed by atoms with Crippen molar-refractivity contribution in [1.82, 2.24) is 0 Å². The Morgan fingerprint density at radius 3 is 2.58 bits per heavy atom. The van der Waals surface area contributed by atoms with Crippen molar-refractivity contribution in [3.63, 3.8) is 0 Å². The third-order valence-electron chi connectivity index (χ3n) is 3.00. The highest BCUT2D eigenvalue weighted by molar-refractivity contribution is 5.95. The van der Waals surface area contributed by atoms with Gasteiger partial charge in [-0.05, 0) is 24.5 Å². The zero-order chi connectivity index (χ0) is 14.6. The summed E-state index contributed by atoms with van der Waals surface area (Å²) in [6.45, 7) is 5.80. The van der Waals surface area contributed by atoms with Crippen LogP contribution in [0.1, 0.15) is 19.4 Å². The summed E-state index contributed by atoms with van der Waals surface area (Å²) < 4.78 is 0. The van der Waals surface area contributed by atoms with Crippen LogP contribution in [0.4, 0.5) is 11.4 Å². The molecule has 0 bridgehead atoms. The quantitative estimate of drug-likeness (QED) is 0.629. The van der Waals surface area contributed by atoms with E-state index in [1.165, 1.54) is 6.07 Å². The fraction of sp³-hybridized carbons (Fsp3) is 0.462. The second-order valence-electron chi connectivity index (χ2n) is 4.85. The molecule has 0 aliphatic heterocycles. The van der Waals surface area contributed by atoms with E-state index in [9.17, 15) is 14.9 Å². The molecule has 0 fully saturated rings. The minimum atomic E-state index is -0.512. The number of nitrogens with zero attached hydrogens (tertiary/aromatic N) is 1. The molecular weight excluding hydrogens is 246 g/mol. The number of anilines is 1. The Bertz CT molecular complexity index is 486. The Kier molecular flexibility index (Phi) is 5.00. The number of hydrogen-bond donors (Lipinski definition) is 2. The van der Waals surface area contributed by atoms with Crippen molar-refractivity contribution in [2.75, 3.05) is 11.9 Å². The number of hydrogen-bond acceptors (Lipinski definition) is 4. The van der Waals surface area contributed by atoms with Crippen LogP contribution in [0.25, 0.3) is 0 Å². The highest BCUT2D eigenvalue weighted by Gasteiger charge is 2.23. The molecule has 6 heteroatoms. The van der Waals surface area contributed by atoms with Crippen LogP contribution in [0.2, 0.25) is 0 Å². The Hall–Kier alpha value is -1.95. The van der Waals surface area contributed by atoms with E-state index in [-0.39, 0.29) is 35.7 Å². The lowest BCUT2D eigenvalue weighted by Gasteiger charge is -2.18. The van der Waals surface area contributed by atoms with Crippen LogP contribution in [0.15, 0.2) is 18.2 Å². The van der Waals surface area contributed by atoms with E-state index in [1.807, 2.05) is 20.8 Å². The number of rotatable bonds is 5. The molecule has 1 aromatic carbocycles. The predicted molar refractivity (Wildman–Crippen MR) is 73.8 cm³/mol. The maximum atomic E-state index is 12.1. The van der Waals surface area contributed by atoms with E-state index in [1.54, 1.807) is 12.1 Å². The Morgan fingerprint density at radius 2 is 2.11 bits per heavy atom. The highest BCUT2D eigenvalue weighted by Crippen LogP contribution is 2.26. The van der Waals surface area contributed by atoms with Crippen molar-refractivity contribution in [3.8, 4) is 0 Å². The van der Waals surface area contributed by atoms with E-state index in [2.05, 4.69) is 5.32 Å². The second-order valence-corrected chi connectivity index (χ2v) is 4.85. The van der Waals surface area contributed by atoms with Crippen molar-refractivity contribution in [1.29, 1.82) is 0 Å². The number of aryl methyl sites for hydroxylation is 1. The normalized spacial score (nSPS) is 12.3. The number of nitro groups is 1. The lowest BCUT2D eigenvalue weighted by atomic mass is 9.95. The van der Waals surface area contributed by atoms with Gasteiger partial charge in [-0.25, -0.2) is 0 Å². The topological polar surface area (TPSA) is 98.3 Å². The van der Waals surface area contributed by atoms with E-state index in [4.69, 9.17) is 5.73 Å². The SMILES string of the molecule is Cc1ccc([N+](=O)[O-])c(NC(=O)C(CN)C(C)C)c1. The molecule has 6 nitrogen and oxygen atoms in total. The second kappa shape index (κ2) is 6.29. The molecule has 0 heterocycles. The van der Waals surface area contributed by atoms with Crippen molar-refractivity contribution in [2.24, 2.45) is 17.6 Å². The Morgan fingerprint density at radius 1 is 1.47 bits per heavy atom. The van der Waals surface area contributed by atoms with Gasteiger partial charge in [-0.2, -0.15) is 0 Å². The smallest absolute Gasteiger partial charge is 0.292 e. The first-order chi connectivity index (χ1) is 8.86. The molecule has 0 saturated carbocycles. The van der Waals surface area contributed by atoms with Crippen LogP contribution >= 0.6 is 0 Å². The first kappa shape index (κ1) is 15.1. The molecule has 3 N–H and O–H groups in total. The van der Waals surface area contributed by atoms with Gasteiger partial charge in [0, 0.05) is 12.6 Å². The fourth-order valence-corrected chi connectivity index (χ4v) is 1.82. The van der Waals surface area contributed by atoms with Crippen LogP contribution in [0.3, 0.4) is 0 Å². The zero-order valence-electron chi connectivity index (χ0n) is 11.3. The van der Waals surface area contributed by atoms with Crippen LogP contribution in [0, 0.1) is 28.9 Å². The summed E-state index contributed by atoms with van der Waals surface area (Å²) >= 11 is 0. The minimum Gasteiger partial charge on any atom is -0.330 e. The zero-order valence-corrected chi connectivity index (χ0v) is 11.3. The van der Waals surface area contributed by atoms with Crippen LogP contribution < -0.4 is 11.1 Å². The van der Waals surface area contributed by atoms with Gasteiger partial charge in [0.1, 0.15) is 5.69 Å². The van der Waals surface area contributed by atoms with Gasteiger partial charge < -0.3 is 11.1 Å². The Labute approximate surface area is 112 Å². The van der Waals surface area contributed by atoms with Gasteiger partial charge in [0.2, 0.25) is 5.91 Å². The third-order valence-corrected chi connectivity index (χ3v) is 3.00. The van der Waals surface area contributed by atoms with E-state index in [0.717, 1.165) is 5.56 Å². The predicted octanol–water partition coefficient (Wildman–Crippen LogP) is 2.07. The van der Waals surface area contributed by atoms with E-state index in [0.29, 0.717) is 0 Å². The largest absolute Gasteiger partial charge is 0.330 e. The average molecular weight is 265 g/mol. The maximum absolute atomic E-state index is 12.1. The van der Waals surface area contributed by atoms with Crippen molar-refractivity contribution < 1.29 is 9.72 Å². The highest BCUT2D eigenvalue weighted by atomic mass is 16.6. The van der Waals surface area contributed by atoms with Gasteiger partial charge in [-0.3, -0.25) is 14.9 Å². The third kappa shape index (κ3) is 3.75. The summed E-state index contributed by atoms with van der Waals surface area (Å²) in [5, 5.41) is 13.5. The lowest BCUT2D eigenvalue weighted by Crippen LogP contribution is -2.33. The maximum Gasteiger partial charge on any atom is 0.292 e. The molecule has 0 saturated heterocycles. The summed E-state index contributed by atoms with van der Waals surface area (Å²) in [5.74, 6) is -0.569. The molecule has 1 unspecified atom stereocenters. The molecule has 1 rings (SSSR count). The van der Waals surface area contributed by atoms with Crippen molar-refractivity contribution >= 4 is 17.3 Å². The van der Waals surface area contributed by atoms with E-state index < -0.39 is 4.92 Å². The van der Waals surface area contributed by atoms with Gasteiger partial charge in [0.15, 0.2) is 0 Å². The molecule has 1 atom stereocenters. The van der Waals surface area contributed by atoms with Crippen LogP contribution in [-0.4, -0.2) is 17.4 Å². The standard InChI is InChI=1S/C13H19N3O3/c1-8(2)10(7-14)13(17)15-11-6-9(3)4-5-12(11)16(18)19/h4-6,8,10H,7,14H2,1-3H3,(H,15,17). The van der Waals surface area contributed by atoms with Gasteiger partial charge in [0.25, 0.3) is 5.69 Å². The summed E-state index contributed by atoms with van der Waals surface area (Å²) in [5.41, 5.74) is 6.51. The molecular formula is C13H19N3O3. The number of carbonyl (C=O) groups excluding carboxylic acids is 1. The molecule has 0 aromatic heterocycles. The number of amides is 1. The summed E-state index contributed by atoms with van der Waals surface area (Å²) in [7, 11) is 0. The molecule has 1 aromatic rings. The summed E-state index contributed by atoms with van der Waals surface area (Å²) in [6.07, 6.45) is 0. The summed E-state index contributed by atoms with van der Waals surface area (Å²) in [4.78, 5) is 22.5. The summed E-state index contributed by atoms with van der Waals surface area (Å²) in [6, 6.07) is 4.61. The molecule has 1 amide bonds. The van der Waals surface area contributed by atoms with E-state index >= 15 is 0 Å². The molecule has 0 radical (unpaired) electrons. The number of benzene rings is 1. The van der Waals surface area contributed by atoms with Gasteiger partial charge >= 0.3 is 0 Å². The van der Waals surface area contributed by atoms with Crippen molar-refractivity contribution in [3.05, 3.63) is 33.9 Å². The first-order valence-corrected chi connectivity index (χ1v) is 6.12. The number of nitro benzene ring substituents is 1. The first-order valence-electron chi connectivity index (χ1n) is 6.12. The van der Waals surface area contributed by atoms with Gasteiger partial charge in [0.05, 0.1) is 10.8 Å². The lowest BCUT2D eigenvalue weighted by molar-refractivity contribution is -0.383. The molecule has 19 heavy (non-hydrogen) atoms. The Balaban J connectivity index is 3.01. The fourth-order valence-electron chi connectivity index (χ4n) is 1.82. The molecule has 0 spiro atoms. The van der Waals surface area contributed by atoms with Crippen LogP contribution in [0.5, 0.6) is 0 Å². The number of carbonyl (C=O) groups is 1. The average Bonchev–Trinajstić information content (AvgIpc) is 2.28. The number of nitrogens with two attached hydrogens (primary N) is 1. The van der Waals surface area contributed by atoms with Crippen LogP contribution in [-0.2, 0) is 4.79 Å². The van der Waals surface area contributed by atoms with Crippen molar-refractivity contribution in [2.45, 2.75) is 20.8 Å².